The summed E-state index contributed by atoms with van der Waals surface area (Å²) in [4.78, 5) is 4.32. The molecule has 1 unspecified atom stereocenters. The Morgan fingerprint density at radius 3 is 2.69 bits per heavy atom. The van der Waals surface area contributed by atoms with E-state index in [-0.39, 0.29) is 6.04 Å². The number of anilines is 1. The van der Waals surface area contributed by atoms with Crippen LogP contribution in [-0.4, -0.2) is 14.8 Å². The molecule has 2 aromatic rings. The van der Waals surface area contributed by atoms with Crippen molar-refractivity contribution in [1.82, 2.24) is 14.8 Å². The third kappa shape index (κ3) is 1.91. The molecule has 84 valence electrons. The third-order valence-corrected chi connectivity index (χ3v) is 3.86. The fraction of sp³-hybridized carbons (Fsp3) is 0.273. The fourth-order valence-electron chi connectivity index (χ4n) is 1.59. The summed E-state index contributed by atoms with van der Waals surface area (Å²) in [5, 5.41) is 4.43. The molecule has 16 heavy (non-hydrogen) atoms. The number of nitrogen functional groups attached to an aromatic ring is 1. The largest absolute Gasteiger partial charge is 0.383 e. The number of hydrogen-bond acceptors (Lipinski definition) is 3. The van der Waals surface area contributed by atoms with Crippen molar-refractivity contribution in [2.24, 2.45) is 0 Å². The summed E-state index contributed by atoms with van der Waals surface area (Å²) in [6, 6.07) is 5.91. The van der Waals surface area contributed by atoms with Gasteiger partial charge in [-0.25, -0.2) is 4.68 Å². The van der Waals surface area contributed by atoms with E-state index in [0.717, 1.165) is 15.0 Å². The van der Waals surface area contributed by atoms with Gasteiger partial charge in [0.25, 0.3) is 0 Å². The lowest BCUT2D eigenvalue weighted by atomic mass is 10.2. The molecule has 0 aliphatic heterocycles. The van der Waals surface area contributed by atoms with Crippen molar-refractivity contribution in [3.63, 3.8) is 0 Å². The Labute approximate surface area is 108 Å². The lowest BCUT2D eigenvalue weighted by molar-refractivity contribution is 0.556. The van der Waals surface area contributed by atoms with Gasteiger partial charge >= 0.3 is 0 Å². The minimum atomic E-state index is 0.0587. The Hall–Kier alpha value is -1.11. The molecule has 2 aromatic heterocycles. The highest BCUT2D eigenvalue weighted by Crippen LogP contribution is 2.24. The number of aromatic nitrogens is 3. The van der Waals surface area contributed by atoms with E-state index in [2.05, 4.69) is 32.7 Å². The quantitative estimate of drug-likeness (QED) is 0.861. The first-order chi connectivity index (χ1) is 7.61. The van der Waals surface area contributed by atoms with Crippen LogP contribution in [0.2, 0.25) is 0 Å². The maximum Gasteiger partial charge on any atom is 0.136 e. The summed E-state index contributed by atoms with van der Waals surface area (Å²) in [6.45, 7) is 4.00. The molecule has 0 fully saturated rings. The molecule has 4 nitrogen and oxygen atoms in total. The Morgan fingerprint density at radius 2 is 2.19 bits per heavy atom. The van der Waals surface area contributed by atoms with Crippen molar-refractivity contribution in [1.29, 1.82) is 0 Å². The average molecular weight is 328 g/mol. The monoisotopic (exact) mass is 328 g/mol. The number of aryl methyl sites for hydroxylation is 1. The van der Waals surface area contributed by atoms with Crippen molar-refractivity contribution < 1.29 is 0 Å². The van der Waals surface area contributed by atoms with E-state index in [1.54, 1.807) is 6.20 Å². The van der Waals surface area contributed by atoms with E-state index in [0.29, 0.717) is 5.82 Å². The summed E-state index contributed by atoms with van der Waals surface area (Å²) < 4.78 is 2.83. The fourth-order valence-corrected chi connectivity index (χ4v) is 1.94. The van der Waals surface area contributed by atoms with Crippen LogP contribution in [0, 0.1) is 10.5 Å². The minimum Gasteiger partial charge on any atom is -0.383 e. The molecule has 0 aliphatic rings. The standard InChI is InChI=1S/C11H13IN4/c1-7-10(12)11(13)16(15-7)8(2)9-5-3-4-6-14-9/h3-6,8H,13H2,1-2H3. The first-order valence-corrected chi connectivity index (χ1v) is 6.10. The highest BCUT2D eigenvalue weighted by molar-refractivity contribution is 14.1. The Balaban J connectivity index is 2.42. The number of rotatable bonds is 2. The maximum atomic E-state index is 6.01. The van der Waals surface area contributed by atoms with Crippen LogP contribution in [0.5, 0.6) is 0 Å². The second-order valence-electron chi connectivity index (χ2n) is 3.66. The summed E-state index contributed by atoms with van der Waals surface area (Å²) >= 11 is 2.21. The van der Waals surface area contributed by atoms with E-state index in [1.807, 2.05) is 36.7 Å². The number of halogens is 1. The van der Waals surface area contributed by atoms with Gasteiger partial charge in [-0.05, 0) is 48.6 Å². The van der Waals surface area contributed by atoms with Gasteiger partial charge in [0, 0.05) is 6.20 Å². The lowest BCUT2D eigenvalue weighted by Gasteiger charge is -2.12. The van der Waals surface area contributed by atoms with Crippen molar-refractivity contribution >= 4 is 28.4 Å². The zero-order chi connectivity index (χ0) is 11.7. The maximum absolute atomic E-state index is 6.01. The van der Waals surface area contributed by atoms with Crippen LogP contribution in [0.4, 0.5) is 5.82 Å². The van der Waals surface area contributed by atoms with E-state index in [1.165, 1.54) is 0 Å². The average Bonchev–Trinajstić information content (AvgIpc) is 2.57. The van der Waals surface area contributed by atoms with Crippen LogP contribution in [0.25, 0.3) is 0 Å². The Morgan fingerprint density at radius 1 is 1.44 bits per heavy atom. The first-order valence-electron chi connectivity index (χ1n) is 5.02. The van der Waals surface area contributed by atoms with Crippen molar-refractivity contribution in [3.05, 3.63) is 39.4 Å². The lowest BCUT2D eigenvalue weighted by Crippen LogP contribution is -2.12. The number of nitrogens with two attached hydrogens (primary N) is 1. The van der Waals surface area contributed by atoms with Crippen LogP contribution >= 0.6 is 22.6 Å². The van der Waals surface area contributed by atoms with Crippen LogP contribution in [0.1, 0.15) is 24.4 Å². The molecule has 0 aromatic carbocycles. The summed E-state index contributed by atoms with van der Waals surface area (Å²) in [5.74, 6) is 0.705. The molecule has 2 rings (SSSR count). The molecule has 0 saturated carbocycles. The topological polar surface area (TPSA) is 56.7 Å². The van der Waals surface area contributed by atoms with Gasteiger partial charge < -0.3 is 5.73 Å². The minimum absolute atomic E-state index is 0.0587. The van der Waals surface area contributed by atoms with Gasteiger partial charge in [-0.15, -0.1) is 0 Å². The summed E-state index contributed by atoms with van der Waals surface area (Å²) in [7, 11) is 0. The summed E-state index contributed by atoms with van der Waals surface area (Å²) in [6.07, 6.45) is 1.78. The van der Waals surface area contributed by atoms with Gasteiger partial charge in [-0.2, -0.15) is 5.10 Å². The van der Waals surface area contributed by atoms with Crippen molar-refractivity contribution in [3.8, 4) is 0 Å². The normalized spacial score (nSPS) is 12.7. The highest BCUT2D eigenvalue weighted by atomic mass is 127. The number of nitrogens with zero attached hydrogens (tertiary/aromatic N) is 3. The van der Waals surface area contributed by atoms with Crippen LogP contribution in [0.15, 0.2) is 24.4 Å². The van der Waals surface area contributed by atoms with Crippen molar-refractivity contribution in [2.45, 2.75) is 19.9 Å². The number of pyridine rings is 1. The SMILES string of the molecule is Cc1nn(C(C)c2ccccn2)c(N)c1I. The highest BCUT2D eigenvalue weighted by Gasteiger charge is 2.16. The first kappa shape index (κ1) is 11.4. The second-order valence-corrected chi connectivity index (χ2v) is 4.74. The van der Waals surface area contributed by atoms with Crippen LogP contribution < -0.4 is 5.73 Å². The van der Waals surface area contributed by atoms with Crippen LogP contribution in [-0.2, 0) is 0 Å². The Bertz CT molecular complexity index is 492. The summed E-state index contributed by atoms with van der Waals surface area (Å²) in [5.41, 5.74) is 7.93. The van der Waals surface area contributed by atoms with E-state index in [4.69, 9.17) is 5.73 Å². The predicted octanol–water partition coefficient (Wildman–Crippen LogP) is 2.38. The second kappa shape index (κ2) is 4.40. The molecule has 0 radical (unpaired) electrons. The molecule has 2 N–H and O–H groups in total. The molecular weight excluding hydrogens is 315 g/mol. The zero-order valence-corrected chi connectivity index (χ0v) is 11.3. The number of hydrogen-bond donors (Lipinski definition) is 1. The molecule has 1 atom stereocenters. The van der Waals surface area contributed by atoms with E-state index < -0.39 is 0 Å². The smallest absolute Gasteiger partial charge is 0.136 e. The molecule has 5 heteroatoms. The molecule has 0 aliphatic carbocycles. The third-order valence-electron chi connectivity index (χ3n) is 2.53. The molecule has 0 bridgehead atoms. The van der Waals surface area contributed by atoms with Gasteiger partial charge in [0.2, 0.25) is 0 Å². The van der Waals surface area contributed by atoms with Gasteiger partial charge in [0.05, 0.1) is 21.0 Å². The van der Waals surface area contributed by atoms with Crippen molar-refractivity contribution in [2.75, 3.05) is 5.73 Å². The van der Waals surface area contributed by atoms with Gasteiger partial charge in [0.1, 0.15) is 5.82 Å². The molecule has 0 saturated heterocycles. The molecule has 2 heterocycles. The van der Waals surface area contributed by atoms with E-state index >= 15 is 0 Å². The van der Waals surface area contributed by atoms with E-state index in [9.17, 15) is 0 Å². The predicted molar refractivity (Wildman–Crippen MR) is 72.1 cm³/mol. The van der Waals surface area contributed by atoms with Gasteiger partial charge in [0.15, 0.2) is 0 Å². The van der Waals surface area contributed by atoms with Gasteiger partial charge in [-0.1, -0.05) is 6.07 Å². The van der Waals surface area contributed by atoms with Crippen LogP contribution in [0.3, 0.4) is 0 Å². The molecule has 0 spiro atoms. The van der Waals surface area contributed by atoms with Gasteiger partial charge in [-0.3, -0.25) is 4.98 Å². The zero-order valence-electron chi connectivity index (χ0n) is 9.18. The Kier molecular flexibility index (Phi) is 3.13. The molecule has 0 amide bonds. The molecular formula is C11H13IN4.